The average molecular weight is 452 g/mol. The maximum absolute atomic E-state index is 13.9. The number of fused-ring (bicyclic) bond motifs is 2. The molecule has 3 amide bonds. The molecule has 33 heavy (non-hydrogen) atoms. The molecule has 8 heteroatoms. The summed E-state index contributed by atoms with van der Waals surface area (Å²) in [6.45, 7) is 1.40. The Balaban J connectivity index is 1.56. The van der Waals surface area contributed by atoms with Gasteiger partial charge in [-0.2, -0.15) is 0 Å². The van der Waals surface area contributed by atoms with Crippen molar-refractivity contribution in [1.82, 2.24) is 14.7 Å². The number of likely N-dealkylation sites (N-methyl/N-ethyl adjacent to an activating group) is 1. The summed E-state index contributed by atoms with van der Waals surface area (Å²) in [5.74, 6) is -2.05. The van der Waals surface area contributed by atoms with Crippen LogP contribution in [0.3, 0.4) is 0 Å². The Morgan fingerprint density at radius 3 is 2.61 bits per heavy atom. The molecule has 1 N–H and O–H groups in total. The van der Waals surface area contributed by atoms with Gasteiger partial charge in [0.1, 0.15) is 11.6 Å². The lowest BCUT2D eigenvalue weighted by atomic mass is 9.77. The van der Waals surface area contributed by atoms with Crippen molar-refractivity contribution in [2.24, 2.45) is 11.8 Å². The molecule has 1 unspecified atom stereocenters. The summed E-state index contributed by atoms with van der Waals surface area (Å²) in [6, 6.07) is 8.85. The molecule has 5 rings (SSSR count). The van der Waals surface area contributed by atoms with Crippen molar-refractivity contribution >= 4 is 17.7 Å². The minimum absolute atomic E-state index is 0.0940. The number of hydrogen-bond acceptors (Lipinski definition) is 5. The van der Waals surface area contributed by atoms with Gasteiger partial charge in [0.15, 0.2) is 0 Å². The minimum atomic E-state index is -1.21. The van der Waals surface area contributed by atoms with Gasteiger partial charge in [0.2, 0.25) is 17.7 Å². The molecular weight excluding hydrogens is 422 g/mol. The maximum atomic E-state index is 13.9. The minimum Gasteiger partial charge on any atom is -0.396 e. The Labute approximate surface area is 193 Å². The first-order chi connectivity index (χ1) is 16.0. The van der Waals surface area contributed by atoms with Gasteiger partial charge in [-0.25, -0.2) is 0 Å². The molecule has 0 bridgehead atoms. The Morgan fingerprint density at radius 1 is 1.06 bits per heavy atom. The standard InChI is InChI=1S/C25H29N3O5/c1-26-12-5-10-18-19(22(26)30)20-23(31)28(14-7-15-29)21-24(32)27(13-6-11-25(20,21)33-18)16-17-8-3-2-4-9-17/h2-6,8-11,18-21,29H,7,12-16H2,1H3/t18-,19+,20+,21?,25+/m1/s1. The second-order valence-electron chi connectivity index (χ2n) is 9.20. The molecule has 0 radical (unpaired) electrons. The molecule has 174 valence electrons. The predicted molar refractivity (Wildman–Crippen MR) is 120 cm³/mol. The van der Waals surface area contributed by atoms with E-state index in [1.165, 1.54) is 4.90 Å². The summed E-state index contributed by atoms with van der Waals surface area (Å²) in [5.41, 5.74) is -0.210. The van der Waals surface area contributed by atoms with E-state index >= 15 is 0 Å². The largest absolute Gasteiger partial charge is 0.396 e. The zero-order valence-corrected chi connectivity index (χ0v) is 18.7. The molecule has 4 aliphatic rings. The number of hydrogen-bond donors (Lipinski definition) is 1. The Hall–Kier alpha value is -2.97. The molecule has 0 aromatic heterocycles. The average Bonchev–Trinajstić information content (AvgIpc) is 3.14. The van der Waals surface area contributed by atoms with Gasteiger partial charge < -0.3 is 24.5 Å². The number of aliphatic hydroxyl groups is 1. The van der Waals surface area contributed by atoms with E-state index in [4.69, 9.17) is 4.74 Å². The lowest BCUT2D eigenvalue weighted by molar-refractivity contribution is -0.148. The smallest absolute Gasteiger partial charge is 0.249 e. The lowest BCUT2D eigenvalue weighted by Crippen LogP contribution is -2.55. The van der Waals surface area contributed by atoms with Crippen LogP contribution in [0.5, 0.6) is 0 Å². The normalized spacial score (nSPS) is 33.2. The summed E-state index contributed by atoms with van der Waals surface area (Å²) < 4.78 is 6.52. The summed E-state index contributed by atoms with van der Waals surface area (Å²) in [4.78, 5) is 45.8. The van der Waals surface area contributed by atoms with Gasteiger partial charge in [-0.3, -0.25) is 14.4 Å². The second kappa shape index (κ2) is 8.43. The van der Waals surface area contributed by atoms with Crippen LogP contribution in [0.4, 0.5) is 0 Å². The van der Waals surface area contributed by atoms with Crippen molar-refractivity contribution in [3.05, 3.63) is 60.2 Å². The molecule has 0 aliphatic carbocycles. The summed E-state index contributed by atoms with van der Waals surface area (Å²) in [5, 5.41) is 9.43. The van der Waals surface area contributed by atoms with Crippen LogP contribution in [-0.2, 0) is 25.7 Å². The molecule has 1 aromatic rings. The molecule has 4 aliphatic heterocycles. The van der Waals surface area contributed by atoms with Gasteiger partial charge in [-0.1, -0.05) is 54.6 Å². The first-order valence-corrected chi connectivity index (χ1v) is 11.5. The van der Waals surface area contributed by atoms with Crippen LogP contribution in [0.25, 0.3) is 0 Å². The summed E-state index contributed by atoms with van der Waals surface area (Å²) in [6.07, 6.45) is 7.26. The molecule has 4 heterocycles. The number of ether oxygens (including phenoxy) is 1. The highest BCUT2D eigenvalue weighted by Crippen LogP contribution is 2.53. The SMILES string of the molecule is CN1CC=C[C@H]2O[C@]34C=CCN(Cc5ccccc5)C(=O)C3N(CCCO)C(=O)[C@@H]4[C@H]2C1=O. The number of carbonyl (C=O) groups excluding carboxylic acids is 3. The fourth-order valence-electron chi connectivity index (χ4n) is 5.74. The quantitative estimate of drug-likeness (QED) is 0.662. The maximum Gasteiger partial charge on any atom is 0.249 e. The highest BCUT2D eigenvalue weighted by atomic mass is 16.5. The highest BCUT2D eigenvalue weighted by molar-refractivity contribution is 5.99. The van der Waals surface area contributed by atoms with Crippen molar-refractivity contribution in [2.75, 3.05) is 33.3 Å². The van der Waals surface area contributed by atoms with E-state index in [2.05, 4.69) is 0 Å². The summed E-state index contributed by atoms with van der Waals surface area (Å²) >= 11 is 0. The van der Waals surface area contributed by atoms with Crippen molar-refractivity contribution in [2.45, 2.75) is 30.7 Å². The third-order valence-corrected chi connectivity index (χ3v) is 7.22. The van der Waals surface area contributed by atoms with E-state index in [0.29, 0.717) is 26.1 Å². The third-order valence-electron chi connectivity index (χ3n) is 7.22. The third kappa shape index (κ3) is 3.40. The Bertz CT molecular complexity index is 1010. The first kappa shape index (κ1) is 21.9. The van der Waals surface area contributed by atoms with Crippen LogP contribution in [0, 0.1) is 11.8 Å². The van der Waals surface area contributed by atoms with E-state index in [-0.39, 0.29) is 30.9 Å². The van der Waals surface area contributed by atoms with Crippen LogP contribution in [-0.4, -0.2) is 88.6 Å². The van der Waals surface area contributed by atoms with Gasteiger partial charge in [-0.05, 0) is 12.0 Å². The highest BCUT2D eigenvalue weighted by Gasteiger charge is 2.71. The lowest BCUT2D eigenvalue weighted by Gasteiger charge is -2.35. The van der Waals surface area contributed by atoms with Crippen LogP contribution in [0.2, 0.25) is 0 Å². The molecular formula is C25H29N3O5. The van der Waals surface area contributed by atoms with Crippen molar-refractivity contribution in [3.8, 4) is 0 Å². The number of nitrogens with zero attached hydrogens (tertiary/aromatic N) is 3. The van der Waals surface area contributed by atoms with Crippen LogP contribution < -0.4 is 0 Å². The van der Waals surface area contributed by atoms with Gasteiger partial charge in [0.25, 0.3) is 0 Å². The van der Waals surface area contributed by atoms with Crippen LogP contribution in [0.15, 0.2) is 54.6 Å². The van der Waals surface area contributed by atoms with Crippen molar-refractivity contribution in [1.29, 1.82) is 0 Å². The van der Waals surface area contributed by atoms with E-state index in [1.54, 1.807) is 16.8 Å². The van der Waals surface area contributed by atoms with Gasteiger partial charge in [-0.15, -0.1) is 0 Å². The molecule has 1 spiro atoms. The van der Waals surface area contributed by atoms with Crippen molar-refractivity contribution < 1.29 is 24.2 Å². The molecule has 1 aromatic carbocycles. The monoisotopic (exact) mass is 451 g/mol. The zero-order chi connectivity index (χ0) is 23.2. The molecule has 2 fully saturated rings. The first-order valence-electron chi connectivity index (χ1n) is 11.5. The zero-order valence-electron chi connectivity index (χ0n) is 18.7. The van der Waals surface area contributed by atoms with Gasteiger partial charge in [0.05, 0.1) is 17.9 Å². The van der Waals surface area contributed by atoms with E-state index in [0.717, 1.165) is 5.56 Å². The van der Waals surface area contributed by atoms with Gasteiger partial charge >= 0.3 is 0 Å². The Morgan fingerprint density at radius 2 is 1.85 bits per heavy atom. The number of aliphatic hydroxyl groups excluding tert-OH is 1. The topological polar surface area (TPSA) is 90.4 Å². The summed E-state index contributed by atoms with van der Waals surface area (Å²) in [7, 11) is 1.72. The van der Waals surface area contributed by atoms with Crippen LogP contribution in [0.1, 0.15) is 12.0 Å². The number of likely N-dealkylation sites (tertiary alicyclic amines) is 1. The molecule has 5 atom stereocenters. The Kier molecular flexibility index (Phi) is 5.58. The number of benzene rings is 1. The van der Waals surface area contributed by atoms with E-state index < -0.39 is 29.6 Å². The van der Waals surface area contributed by atoms with E-state index in [1.807, 2.05) is 54.6 Å². The fourth-order valence-corrected chi connectivity index (χ4v) is 5.74. The van der Waals surface area contributed by atoms with Crippen LogP contribution >= 0.6 is 0 Å². The number of carbonyl (C=O) groups is 3. The predicted octanol–water partition coefficient (Wildman–Crippen LogP) is 0.576. The molecule has 0 saturated carbocycles. The fraction of sp³-hybridized carbons (Fsp3) is 0.480. The van der Waals surface area contributed by atoms with Gasteiger partial charge in [0, 0.05) is 39.8 Å². The molecule has 8 nitrogen and oxygen atoms in total. The molecule has 2 saturated heterocycles. The van der Waals surface area contributed by atoms with Crippen molar-refractivity contribution in [3.63, 3.8) is 0 Å². The number of rotatable bonds is 5. The number of amides is 3. The van der Waals surface area contributed by atoms with E-state index in [9.17, 15) is 19.5 Å². The second-order valence-corrected chi connectivity index (χ2v) is 9.20.